The van der Waals surface area contributed by atoms with E-state index < -0.39 is 10.2 Å². The van der Waals surface area contributed by atoms with Crippen molar-refractivity contribution in [2.75, 3.05) is 7.11 Å². The van der Waals surface area contributed by atoms with Gasteiger partial charge in [0.05, 0.1) is 17.6 Å². The van der Waals surface area contributed by atoms with Crippen LogP contribution in [0.4, 0.5) is 5.69 Å². The molecule has 0 atom stereocenters. The fraction of sp³-hybridized carbons (Fsp3) is 0.300. The zero-order valence-electron chi connectivity index (χ0n) is 9.04. The van der Waals surface area contributed by atoms with Gasteiger partial charge in [0.1, 0.15) is 5.75 Å². The predicted octanol–water partition coefficient (Wildman–Crippen LogP) is 2.60. The van der Waals surface area contributed by atoms with Crippen LogP contribution in [-0.2, 0) is 0 Å². The molecular formula is C10H10ClNO4. The van der Waals surface area contributed by atoms with Crippen molar-refractivity contribution >= 4 is 22.5 Å². The number of nitrogens with zero attached hydrogens (tertiary/aromatic N) is 1. The summed E-state index contributed by atoms with van der Waals surface area (Å²) in [4.78, 5) is 21.5. The number of ether oxygens (including phenoxy) is 1. The molecule has 6 heteroatoms. The number of methoxy groups -OCH3 is 1. The second-order valence-corrected chi connectivity index (χ2v) is 3.62. The van der Waals surface area contributed by atoms with Crippen LogP contribution in [0.15, 0.2) is 6.07 Å². The minimum atomic E-state index is -0.766. The third-order valence-electron chi connectivity index (χ3n) is 2.30. The fourth-order valence-corrected chi connectivity index (χ4v) is 1.86. The summed E-state index contributed by atoms with van der Waals surface area (Å²) in [5, 5.41) is 10.1. The van der Waals surface area contributed by atoms with Crippen LogP contribution in [0.2, 0.25) is 0 Å². The number of carbonyl (C=O) groups is 1. The molecule has 86 valence electrons. The smallest absolute Gasteiger partial charge is 0.276 e. The lowest BCUT2D eigenvalue weighted by molar-refractivity contribution is -0.386. The van der Waals surface area contributed by atoms with Crippen molar-refractivity contribution < 1.29 is 14.5 Å². The van der Waals surface area contributed by atoms with Gasteiger partial charge in [-0.25, -0.2) is 0 Å². The SMILES string of the molecule is COc1cc(C)c([N+](=O)[O-])c(C)c1C(=O)Cl. The van der Waals surface area contributed by atoms with Gasteiger partial charge in [0.15, 0.2) is 0 Å². The summed E-state index contributed by atoms with van der Waals surface area (Å²) in [6.07, 6.45) is 0. The molecule has 0 aliphatic rings. The Hall–Kier alpha value is -1.62. The number of nitro benzene ring substituents is 1. The maximum absolute atomic E-state index is 11.2. The minimum Gasteiger partial charge on any atom is -0.496 e. The highest BCUT2D eigenvalue weighted by Gasteiger charge is 2.24. The van der Waals surface area contributed by atoms with Crippen molar-refractivity contribution in [3.8, 4) is 5.75 Å². The average Bonchev–Trinajstić information content (AvgIpc) is 2.14. The Morgan fingerprint density at radius 2 is 2.06 bits per heavy atom. The van der Waals surface area contributed by atoms with Crippen LogP contribution in [-0.4, -0.2) is 17.3 Å². The molecular weight excluding hydrogens is 234 g/mol. The van der Waals surface area contributed by atoms with Crippen molar-refractivity contribution in [2.45, 2.75) is 13.8 Å². The zero-order chi connectivity index (χ0) is 12.5. The molecule has 0 saturated carbocycles. The lowest BCUT2D eigenvalue weighted by Crippen LogP contribution is -2.04. The fourth-order valence-electron chi connectivity index (χ4n) is 1.62. The van der Waals surface area contributed by atoms with Crippen molar-refractivity contribution in [1.82, 2.24) is 0 Å². The Balaban J connectivity index is 3.65. The summed E-state index contributed by atoms with van der Waals surface area (Å²) in [7, 11) is 1.38. The first kappa shape index (κ1) is 12.4. The van der Waals surface area contributed by atoms with Crippen LogP contribution in [0.5, 0.6) is 5.75 Å². The van der Waals surface area contributed by atoms with Crippen LogP contribution >= 0.6 is 11.6 Å². The molecule has 1 aromatic carbocycles. The summed E-state index contributed by atoms with van der Waals surface area (Å²) in [5.41, 5.74) is 0.592. The van der Waals surface area contributed by atoms with Gasteiger partial charge in [-0.3, -0.25) is 14.9 Å². The number of benzene rings is 1. The van der Waals surface area contributed by atoms with E-state index in [-0.39, 0.29) is 22.6 Å². The maximum atomic E-state index is 11.2. The number of carbonyl (C=O) groups excluding carboxylic acids is 1. The second kappa shape index (κ2) is 4.49. The number of nitro groups is 1. The highest BCUT2D eigenvalue weighted by molar-refractivity contribution is 6.68. The highest BCUT2D eigenvalue weighted by atomic mass is 35.5. The number of rotatable bonds is 3. The van der Waals surface area contributed by atoms with E-state index in [0.717, 1.165) is 0 Å². The first-order valence-electron chi connectivity index (χ1n) is 4.42. The molecule has 0 saturated heterocycles. The van der Waals surface area contributed by atoms with Gasteiger partial charge < -0.3 is 4.74 Å². The lowest BCUT2D eigenvalue weighted by Gasteiger charge is -2.10. The van der Waals surface area contributed by atoms with Gasteiger partial charge in [0, 0.05) is 11.1 Å². The highest BCUT2D eigenvalue weighted by Crippen LogP contribution is 2.34. The number of halogens is 1. The molecule has 0 aliphatic heterocycles. The quantitative estimate of drug-likeness (QED) is 0.465. The van der Waals surface area contributed by atoms with E-state index >= 15 is 0 Å². The van der Waals surface area contributed by atoms with E-state index in [1.54, 1.807) is 6.92 Å². The molecule has 1 aromatic rings. The number of hydrogen-bond acceptors (Lipinski definition) is 4. The van der Waals surface area contributed by atoms with E-state index in [9.17, 15) is 14.9 Å². The van der Waals surface area contributed by atoms with Gasteiger partial charge in [-0.15, -0.1) is 0 Å². The first-order chi connectivity index (χ1) is 7.40. The summed E-state index contributed by atoms with van der Waals surface area (Å²) in [6, 6.07) is 1.43. The first-order valence-corrected chi connectivity index (χ1v) is 4.80. The Kier molecular flexibility index (Phi) is 3.49. The molecule has 0 N–H and O–H groups in total. The molecule has 0 radical (unpaired) electrons. The molecule has 0 aliphatic carbocycles. The lowest BCUT2D eigenvalue weighted by atomic mass is 10.0. The van der Waals surface area contributed by atoms with Crippen LogP contribution in [0, 0.1) is 24.0 Å². The topological polar surface area (TPSA) is 69.4 Å². The Labute approximate surface area is 97.1 Å². The molecule has 1 rings (SSSR count). The molecule has 0 aromatic heterocycles. The number of hydrogen-bond donors (Lipinski definition) is 0. The summed E-state index contributed by atoms with van der Waals surface area (Å²) < 4.78 is 4.98. The summed E-state index contributed by atoms with van der Waals surface area (Å²) >= 11 is 5.38. The molecule has 0 fully saturated rings. The third kappa shape index (κ3) is 1.99. The molecule has 0 unspecified atom stereocenters. The standard InChI is InChI=1S/C10H10ClNO4/c1-5-4-7(16-3)8(10(11)13)6(2)9(5)12(14)15/h4H,1-3H3. The Morgan fingerprint density at radius 1 is 1.50 bits per heavy atom. The van der Waals surface area contributed by atoms with E-state index in [2.05, 4.69) is 0 Å². The van der Waals surface area contributed by atoms with Gasteiger partial charge in [-0.05, 0) is 31.5 Å². The van der Waals surface area contributed by atoms with Crippen molar-refractivity contribution in [3.63, 3.8) is 0 Å². The molecule has 0 heterocycles. The maximum Gasteiger partial charge on any atom is 0.276 e. The Morgan fingerprint density at radius 3 is 2.44 bits per heavy atom. The van der Waals surface area contributed by atoms with E-state index in [1.807, 2.05) is 0 Å². The Bertz CT molecular complexity index is 470. The van der Waals surface area contributed by atoms with Crippen molar-refractivity contribution in [3.05, 3.63) is 32.9 Å². The van der Waals surface area contributed by atoms with Gasteiger partial charge in [-0.1, -0.05) is 0 Å². The average molecular weight is 244 g/mol. The predicted molar refractivity (Wildman–Crippen MR) is 59.3 cm³/mol. The van der Waals surface area contributed by atoms with E-state index in [0.29, 0.717) is 5.56 Å². The van der Waals surface area contributed by atoms with E-state index in [1.165, 1.54) is 20.1 Å². The molecule has 0 bridgehead atoms. The summed E-state index contributed by atoms with van der Waals surface area (Å²) in [5.74, 6) is 0.251. The minimum absolute atomic E-state index is 0.0430. The van der Waals surface area contributed by atoms with Gasteiger partial charge in [-0.2, -0.15) is 0 Å². The van der Waals surface area contributed by atoms with Crippen LogP contribution in [0.3, 0.4) is 0 Å². The molecule has 0 amide bonds. The van der Waals surface area contributed by atoms with Crippen molar-refractivity contribution in [2.24, 2.45) is 0 Å². The van der Waals surface area contributed by atoms with Crippen LogP contribution < -0.4 is 4.74 Å². The zero-order valence-corrected chi connectivity index (χ0v) is 9.79. The number of aryl methyl sites for hydroxylation is 1. The second-order valence-electron chi connectivity index (χ2n) is 3.28. The van der Waals surface area contributed by atoms with Crippen LogP contribution in [0.1, 0.15) is 21.5 Å². The van der Waals surface area contributed by atoms with E-state index in [4.69, 9.17) is 16.3 Å². The van der Waals surface area contributed by atoms with Crippen LogP contribution in [0.25, 0.3) is 0 Å². The summed E-state index contributed by atoms with van der Waals surface area (Å²) in [6.45, 7) is 3.05. The third-order valence-corrected chi connectivity index (χ3v) is 2.49. The largest absolute Gasteiger partial charge is 0.496 e. The molecule has 16 heavy (non-hydrogen) atoms. The normalized spacial score (nSPS) is 10.0. The molecule has 5 nitrogen and oxygen atoms in total. The van der Waals surface area contributed by atoms with Gasteiger partial charge in [0.25, 0.3) is 10.9 Å². The van der Waals surface area contributed by atoms with Crippen molar-refractivity contribution in [1.29, 1.82) is 0 Å². The van der Waals surface area contributed by atoms with Gasteiger partial charge >= 0.3 is 0 Å². The monoisotopic (exact) mass is 243 g/mol. The molecule has 0 spiro atoms. The van der Waals surface area contributed by atoms with Gasteiger partial charge in [0.2, 0.25) is 0 Å².